The average molecular weight is 310 g/mol. The van der Waals surface area contributed by atoms with Gasteiger partial charge in [-0.25, -0.2) is 4.79 Å². The van der Waals surface area contributed by atoms with Gasteiger partial charge in [-0.15, -0.1) is 0 Å². The van der Waals surface area contributed by atoms with Crippen molar-refractivity contribution < 1.29 is 19.1 Å². The third kappa shape index (κ3) is 3.36. The molecule has 6 heteroatoms. The van der Waals surface area contributed by atoms with Gasteiger partial charge in [-0.1, -0.05) is 23.7 Å². The molecule has 1 aliphatic rings. The van der Waals surface area contributed by atoms with Crippen molar-refractivity contribution in [1.82, 2.24) is 0 Å². The van der Waals surface area contributed by atoms with Gasteiger partial charge in [-0.2, -0.15) is 0 Å². The van der Waals surface area contributed by atoms with Gasteiger partial charge in [0.25, 0.3) is 0 Å². The van der Waals surface area contributed by atoms with Gasteiger partial charge < -0.3 is 14.3 Å². The minimum Gasteiger partial charge on any atom is -0.493 e. The molecule has 1 aromatic carbocycles. The number of ether oxygens (including phenoxy) is 2. The average Bonchev–Trinajstić information content (AvgIpc) is 2.77. The van der Waals surface area contributed by atoms with Crippen molar-refractivity contribution in [3.63, 3.8) is 0 Å². The molecular formula is C15H16ClNO4. The van der Waals surface area contributed by atoms with E-state index in [-0.39, 0.29) is 0 Å². The van der Waals surface area contributed by atoms with Crippen LogP contribution in [0.25, 0.3) is 6.08 Å². The summed E-state index contributed by atoms with van der Waals surface area (Å²) in [4.78, 5) is 16.1. The lowest BCUT2D eigenvalue weighted by atomic mass is 10.1. The van der Waals surface area contributed by atoms with Crippen molar-refractivity contribution in [3.05, 3.63) is 28.3 Å². The molecule has 0 aliphatic carbocycles. The third-order valence-corrected chi connectivity index (χ3v) is 3.17. The quantitative estimate of drug-likeness (QED) is 0.617. The maximum atomic E-state index is 11.5. The Kier molecular flexibility index (Phi) is 4.85. The van der Waals surface area contributed by atoms with E-state index in [9.17, 15) is 4.79 Å². The van der Waals surface area contributed by atoms with Gasteiger partial charge in [0.15, 0.2) is 11.5 Å². The van der Waals surface area contributed by atoms with Gasteiger partial charge in [0, 0.05) is 0 Å². The zero-order valence-electron chi connectivity index (χ0n) is 12.1. The molecule has 0 atom stereocenters. The van der Waals surface area contributed by atoms with Crippen LogP contribution >= 0.6 is 11.6 Å². The second kappa shape index (κ2) is 6.63. The number of carbonyl (C=O) groups is 1. The fraction of sp³-hybridized carbons (Fsp3) is 0.333. The third-order valence-electron chi connectivity index (χ3n) is 2.89. The van der Waals surface area contributed by atoms with Gasteiger partial charge in [-0.05, 0) is 37.1 Å². The highest BCUT2D eigenvalue weighted by Gasteiger charge is 2.22. The van der Waals surface area contributed by atoms with Crippen LogP contribution in [0, 0.1) is 0 Å². The van der Waals surface area contributed by atoms with Crippen LogP contribution in [0.4, 0.5) is 0 Å². The molecule has 5 nitrogen and oxygen atoms in total. The molecule has 1 aliphatic heterocycles. The number of methoxy groups -OCH3 is 1. The smallest absolute Gasteiger partial charge is 0.367 e. The highest BCUT2D eigenvalue weighted by Crippen LogP contribution is 2.37. The number of hydrogen-bond acceptors (Lipinski definition) is 5. The molecule has 0 saturated heterocycles. The highest BCUT2D eigenvalue weighted by molar-refractivity contribution is 6.32. The van der Waals surface area contributed by atoms with Gasteiger partial charge >= 0.3 is 5.97 Å². The van der Waals surface area contributed by atoms with Crippen molar-refractivity contribution in [2.75, 3.05) is 13.7 Å². The summed E-state index contributed by atoms with van der Waals surface area (Å²) in [5.74, 6) is 0.542. The molecular weight excluding hydrogens is 294 g/mol. The molecule has 0 aromatic heterocycles. The van der Waals surface area contributed by atoms with Gasteiger partial charge in [-0.3, -0.25) is 0 Å². The number of carbonyl (C=O) groups excluding carboxylic acids is 1. The monoisotopic (exact) mass is 309 g/mol. The predicted octanol–water partition coefficient (Wildman–Crippen LogP) is 3.45. The summed E-state index contributed by atoms with van der Waals surface area (Å²) in [7, 11) is 1.54. The minimum absolute atomic E-state index is 0.398. The first-order valence-corrected chi connectivity index (χ1v) is 6.93. The molecule has 0 unspecified atom stereocenters. The lowest BCUT2D eigenvalue weighted by molar-refractivity contribution is -0.136. The van der Waals surface area contributed by atoms with Crippen LogP contribution in [0.3, 0.4) is 0 Å². The number of nitrogens with zero attached hydrogens (tertiary/aromatic N) is 1. The van der Waals surface area contributed by atoms with Crippen LogP contribution in [-0.4, -0.2) is 25.4 Å². The van der Waals surface area contributed by atoms with Crippen LogP contribution in [-0.2, 0) is 9.63 Å². The van der Waals surface area contributed by atoms with Crippen molar-refractivity contribution in [2.45, 2.75) is 20.3 Å². The number of hydrogen-bond donors (Lipinski definition) is 0. The fourth-order valence-corrected chi connectivity index (χ4v) is 2.13. The summed E-state index contributed by atoms with van der Waals surface area (Å²) >= 11 is 6.23. The zero-order chi connectivity index (χ0) is 15.4. The molecule has 0 amide bonds. The molecule has 112 valence electrons. The van der Waals surface area contributed by atoms with E-state index in [1.165, 1.54) is 7.11 Å². The van der Waals surface area contributed by atoms with Gasteiger partial charge in [0.2, 0.25) is 0 Å². The first-order valence-electron chi connectivity index (χ1n) is 6.55. The van der Waals surface area contributed by atoms with E-state index in [0.29, 0.717) is 40.0 Å². The fourth-order valence-electron chi connectivity index (χ4n) is 1.85. The lowest BCUT2D eigenvalue weighted by Crippen LogP contribution is -2.02. The molecule has 0 spiro atoms. The van der Waals surface area contributed by atoms with Crippen LogP contribution in [0.1, 0.15) is 25.8 Å². The number of halogens is 1. The number of benzene rings is 1. The Morgan fingerprint density at radius 1 is 1.43 bits per heavy atom. The summed E-state index contributed by atoms with van der Waals surface area (Å²) < 4.78 is 10.9. The van der Waals surface area contributed by atoms with E-state index >= 15 is 0 Å². The van der Waals surface area contributed by atoms with Crippen molar-refractivity contribution >= 4 is 29.4 Å². The minimum atomic E-state index is -0.478. The summed E-state index contributed by atoms with van der Waals surface area (Å²) in [6, 6.07) is 3.46. The summed E-state index contributed by atoms with van der Waals surface area (Å²) in [5.41, 5.74) is 1.64. The van der Waals surface area contributed by atoms with Crippen LogP contribution in [0.2, 0.25) is 5.02 Å². The molecule has 1 aromatic rings. The summed E-state index contributed by atoms with van der Waals surface area (Å²) in [6.07, 6.45) is 2.53. The van der Waals surface area contributed by atoms with E-state index in [1.807, 2.05) is 6.92 Å². The van der Waals surface area contributed by atoms with Crippen molar-refractivity contribution in [1.29, 1.82) is 0 Å². The standard InChI is InChI=1S/C15H16ClNO4/c1-4-5-20-14-12(16)7-10(8-13(14)19-3)6-11-9(2)17-21-15(11)18/h6-8H,4-5H2,1-3H3/b11-6+. The van der Waals surface area contributed by atoms with E-state index in [1.54, 1.807) is 25.1 Å². The molecule has 0 fully saturated rings. The van der Waals surface area contributed by atoms with Crippen LogP contribution < -0.4 is 9.47 Å². The summed E-state index contributed by atoms with van der Waals surface area (Å²) in [6.45, 7) is 4.26. The first-order chi connectivity index (χ1) is 10.1. The zero-order valence-corrected chi connectivity index (χ0v) is 12.9. The Labute approximate surface area is 128 Å². The highest BCUT2D eigenvalue weighted by atomic mass is 35.5. The molecule has 0 saturated carbocycles. The largest absolute Gasteiger partial charge is 0.493 e. The molecule has 0 radical (unpaired) electrons. The van der Waals surface area contributed by atoms with Gasteiger partial charge in [0.1, 0.15) is 0 Å². The first kappa shape index (κ1) is 15.4. The molecule has 0 N–H and O–H groups in total. The maximum absolute atomic E-state index is 11.5. The van der Waals surface area contributed by atoms with E-state index in [0.717, 1.165) is 6.42 Å². The Balaban J connectivity index is 2.38. The number of oxime groups is 1. The van der Waals surface area contributed by atoms with Crippen molar-refractivity contribution in [2.24, 2.45) is 5.16 Å². The Morgan fingerprint density at radius 2 is 2.19 bits per heavy atom. The van der Waals surface area contributed by atoms with Crippen molar-refractivity contribution in [3.8, 4) is 11.5 Å². The normalized spacial score (nSPS) is 15.9. The topological polar surface area (TPSA) is 57.1 Å². The molecule has 0 bridgehead atoms. The van der Waals surface area contributed by atoms with E-state index in [2.05, 4.69) is 9.99 Å². The summed E-state index contributed by atoms with van der Waals surface area (Å²) in [5, 5.41) is 4.05. The van der Waals surface area contributed by atoms with Crippen LogP contribution in [0.5, 0.6) is 11.5 Å². The Bertz CT molecular complexity index is 622. The number of rotatable bonds is 5. The Hall–Kier alpha value is -2.01. The molecule has 21 heavy (non-hydrogen) atoms. The Morgan fingerprint density at radius 3 is 2.76 bits per heavy atom. The second-order valence-electron chi connectivity index (χ2n) is 4.50. The van der Waals surface area contributed by atoms with E-state index in [4.69, 9.17) is 21.1 Å². The second-order valence-corrected chi connectivity index (χ2v) is 4.90. The predicted molar refractivity (Wildman–Crippen MR) is 81.0 cm³/mol. The van der Waals surface area contributed by atoms with Gasteiger partial charge in [0.05, 0.1) is 30.0 Å². The molecule has 1 heterocycles. The van der Waals surface area contributed by atoms with E-state index < -0.39 is 5.97 Å². The molecule has 2 rings (SSSR count). The maximum Gasteiger partial charge on any atom is 0.367 e. The SMILES string of the molecule is CCCOc1c(Cl)cc(/C=C2/C(=O)ON=C2C)cc1OC. The lowest BCUT2D eigenvalue weighted by Gasteiger charge is -2.12. The van der Waals surface area contributed by atoms with Crippen LogP contribution in [0.15, 0.2) is 22.9 Å².